The first kappa shape index (κ1) is 15.7. The van der Waals surface area contributed by atoms with Crippen molar-refractivity contribution in [2.75, 3.05) is 13.6 Å². The molecular formula is C16H21N3OS. The van der Waals surface area contributed by atoms with Gasteiger partial charge in [0.05, 0.1) is 6.54 Å². The monoisotopic (exact) mass is 303 g/mol. The van der Waals surface area contributed by atoms with E-state index in [4.69, 9.17) is 5.73 Å². The SMILES string of the molecule is CN(CC(=O)NCc1cccc(CN)c1)Cc1cccs1. The molecule has 1 amide bonds. The van der Waals surface area contributed by atoms with E-state index in [-0.39, 0.29) is 5.91 Å². The summed E-state index contributed by atoms with van der Waals surface area (Å²) >= 11 is 1.71. The number of nitrogens with one attached hydrogen (secondary N) is 1. The van der Waals surface area contributed by atoms with Crippen molar-refractivity contribution in [2.45, 2.75) is 19.6 Å². The number of carbonyl (C=O) groups is 1. The van der Waals surface area contributed by atoms with E-state index in [1.54, 1.807) is 11.3 Å². The molecule has 3 N–H and O–H groups in total. The predicted molar refractivity (Wildman–Crippen MR) is 86.8 cm³/mol. The Kier molecular flexibility index (Phi) is 5.92. The van der Waals surface area contributed by atoms with Gasteiger partial charge in [-0.2, -0.15) is 0 Å². The Morgan fingerprint density at radius 3 is 2.81 bits per heavy atom. The van der Waals surface area contributed by atoms with E-state index in [1.165, 1.54) is 4.88 Å². The third kappa shape index (κ3) is 5.30. The highest BCUT2D eigenvalue weighted by Gasteiger charge is 2.07. The van der Waals surface area contributed by atoms with E-state index < -0.39 is 0 Å². The summed E-state index contributed by atoms with van der Waals surface area (Å²) in [6.45, 7) is 2.26. The Labute approximate surface area is 129 Å². The summed E-state index contributed by atoms with van der Waals surface area (Å²) in [5.74, 6) is 0.0345. The summed E-state index contributed by atoms with van der Waals surface area (Å²) in [4.78, 5) is 15.2. The normalized spacial score (nSPS) is 10.8. The summed E-state index contributed by atoms with van der Waals surface area (Å²) in [5.41, 5.74) is 7.77. The second kappa shape index (κ2) is 7.93. The number of hydrogen-bond donors (Lipinski definition) is 2. The maximum Gasteiger partial charge on any atom is 0.234 e. The van der Waals surface area contributed by atoms with Gasteiger partial charge in [-0.25, -0.2) is 0 Å². The van der Waals surface area contributed by atoms with Crippen molar-refractivity contribution in [3.8, 4) is 0 Å². The fourth-order valence-electron chi connectivity index (χ4n) is 2.09. The molecule has 0 spiro atoms. The quantitative estimate of drug-likeness (QED) is 0.822. The molecular weight excluding hydrogens is 282 g/mol. The molecule has 1 aromatic heterocycles. The summed E-state index contributed by atoms with van der Waals surface area (Å²) in [7, 11) is 1.95. The predicted octanol–water partition coefficient (Wildman–Crippen LogP) is 1.95. The van der Waals surface area contributed by atoms with Crippen molar-refractivity contribution in [1.29, 1.82) is 0 Å². The molecule has 0 saturated heterocycles. The van der Waals surface area contributed by atoms with Crippen LogP contribution in [0.1, 0.15) is 16.0 Å². The highest BCUT2D eigenvalue weighted by Crippen LogP contribution is 2.10. The van der Waals surface area contributed by atoms with Crippen LogP contribution in [-0.2, 0) is 24.4 Å². The van der Waals surface area contributed by atoms with Gasteiger partial charge in [0.2, 0.25) is 5.91 Å². The first-order chi connectivity index (χ1) is 10.2. The summed E-state index contributed by atoms with van der Waals surface area (Å²) in [6, 6.07) is 12.1. The lowest BCUT2D eigenvalue weighted by Gasteiger charge is -2.15. The van der Waals surface area contributed by atoms with Gasteiger partial charge < -0.3 is 11.1 Å². The second-order valence-electron chi connectivity index (χ2n) is 5.05. The van der Waals surface area contributed by atoms with Crippen molar-refractivity contribution in [1.82, 2.24) is 10.2 Å². The Morgan fingerprint density at radius 2 is 2.10 bits per heavy atom. The molecule has 112 valence electrons. The van der Waals surface area contributed by atoms with Crippen molar-refractivity contribution >= 4 is 17.2 Å². The molecule has 0 aliphatic carbocycles. The van der Waals surface area contributed by atoms with Gasteiger partial charge in [-0.3, -0.25) is 9.69 Å². The number of hydrogen-bond acceptors (Lipinski definition) is 4. The van der Waals surface area contributed by atoms with Crippen LogP contribution < -0.4 is 11.1 Å². The molecule has 21 heavy (non-hydrogen) atoms. The van der Waals surface area contributed by atoms with Crippen LogP contribution in [0.4, 0.5) is 0 Å². The molecule has 0 atom stereocenters. The second-order valence-corrected chi connectivity index (χ2v) is 6.08. The Balaban J connectivity index is 1.76. The average Bonchev–Trinajstić information content (AvgIpc) is 2.98. The molecule has 1 aromatic carbocycles. The van der Waals surface area contributed by atoms with Gasteiger partial charge in [-0.05, 0) is 29.6 Å². The van der Waals surface area contributed by atoms with Crippen molar-refractivity contribution in [3.05, 3.63) is 57.8 Å². The van der Waals surface area contributed by atoms with Crippen LogP contribution in [0.25, 0.3) is 0 Å². The van der Waals surface area contributed by atoms with Crippen LogP contribution in [0.3, 0.4) is 0 Å². The van der Waals surface area contributed by atoms with E-state index in [0.29, 0.717) is 19.6 Å². The molecule has 2 aromatic rings. The van der Waals surface area contributed by atoms with Crippen LogP contribution in [0, 0.1) is 0 Å². The fraction of sp³-hybridized carbons (Fsp3) is 0.312. The standard InChI is InChI=1S/C16H21N3OS/c1-19(11-15-6-3-7-21-15)12-16(20)18-10-14-5-2-4-13(8-14)9-17/h2-8H,9-12,17H2,1H3,(H,18,20). The third-order valence-corrected chi connectivity index (χ3v) is 4.00. The highest BCUT2D eigenvalue weighted by atomic mass is 32.1. The maximum absolute atomic E-state index is 11.9. The van der Waals surface area contributed by atoms with E-state index in [1.807, 2.05) is 47.7 Å². The van der Waals surface area contributed by atoms with E-state index in [9.17, 15) is 4.79 Å². The van der Waals surface area contributed by atoms with Crippen LogP contribution in [0.15, 0.2) is 41.8 Å². The zero-order chi connectivity index (χ0) is 15.1. The number of amides is 1. The van der Waals surface area contributed by atoms with Gasteiger partial charge in [0.1, 0.15) is 0 Å². The van der Waals surface area contributed by atoms with Gasteiger partial charge in [0.25, 0.3) is 0 Å². The number of carbonyl (C=O) groups excluding carboxylic acids is 1. The van der Waals surface area contributed by atoms with Crippen LogP contribution in [-0.4, -0.2) is 24.4 Å². The summed E-state index contributed by atoms with van der Waals surface area (Å²) in [5, 5.41) is 4.99. The molecule has 1 heterocycles. The van der Waals surface area contributed by atoms with Gasteiger partial charge in [-0.1, -0.05) is 30.3 Å². The Morgan fingerprint density at radius 1 is 1.29 bits per heavy atom. The lowest BCUT2D eigenvalue weighted by molar-refractivity contribution is -0.122. The molecule has 0 saturated carbocycles. The number of benzene rings is 1. The summed E-state index contributed by atoms with van der Waals surface area (Å²) in [6.07, 6.45) is 0. The van der Waals surface area contributed by atoms with Crippen LogP contribution >= 0.6 is 11.3 Å². The first-order valence-corrected chi connectivity index (χ1v) is 7.81. The Hall–Kier alpha value is -1.69. The number of nitrogens with two attached hydrogens (primary N) is 1. The van der Waals surface area contributed by atoms with Crippen molar-refractivity contribution in [3.63, 3.8) is 0 Å². The first-order valence-electron chi connectivity index (χ1n) is 6.93. The lowest BCUT2D eigenvalue weighted by Crippen LogP contribution is -2.34. The fourth-order valence-corrected chi connectivity index (χ4v) is 2.88. The van der Waals surface area contributed by atoms with E-state index in [2.05, 4.69) is 11.4 Å². The molecule has 0 radical (unpaired) electrons. The van der Waals surface area contributed by atoms with E-state index in [0.717, 1.165) is 17.7 Å². The summed E-state index contributed by atoms with van der Waals surface area (Å²) < 4.78 is 0. The minimum absolute atomic E-state index is 0.0345. The number of rotatable bonds is 7. The number of likely N-dealkylation sites (N-methyl/N-ethyl adjacent to an activating group) is 1. The number of nitrogens with zero attached hydrogens (tertiary/aromatic N) is 1. The minimum atomic E-state index is 0.0345. The molecule has 0 aliphatic heterocycles. The van der Waals surface area contributed by atoms with Gasteiger partial charge >= 0.3 is 0 Å². The van der Waals surface area contributed by atoms with Crippen LogP contribution in [0.2, 0.25) is 0 Å². The maximum atomic E-state index is 11.9. The molecule has 0 bridgehead atoms. The van der Waals surface area contributed by atoms with Crippen molar-refractivity contribution < 1.29 is 4.79 Å². The zero-order valence-electron chi connectivity index (χ0n) is 12.2. The molecule has 5 heteroatoms. The highest BCUT2D eigenvalue weighted by molar-refractivity contribution is 7.09. The van der Waals surface area contributed by atoms with Gasteiger partial charge in [-0.15, -0.1) is 11.3 Å². The minimum Gasteiger partial charge on any atom is -0.351 e. The zero-order valence-corrected chi connectivity index (χ0v) is 13.0. The van der Waals surface area contributed by atoms with Crippen LogP contribution in [0.5, 0.6) is 0 Å². The lowest BCUT2D eigenvalue weighted by atomic mass is 10.1. The molecule has 0 unspecified atom stereocenters. The third-order valence-electron chi connectivity index (χ3n) is 3.14. The Bertz CT molecular complexity index is 569. The van der Waals surface area contributed by atoms with E-state index >= 15 is 0 Å². The topological polar surface area (TPSA) is 58.4 Å². The molecule has 2 rings (SSSR count). The number of thiophene rings is 1. The largest absolute Gasteiger partial charge is 0.351 e. The molecule has 0 aliphatic rings. The molecule has 0 fully saturated rings. The smallest absolute Gasteiger partial charge is 0.234 e. The average molecular weight is 303 g/mol. The van der Waals surface area contributed by atoms with Crippen molar-refractivity contribution in [2.24, 2.45) is 5.73 Å². The van der Waals surface area contributed by atoms with Gasteiger partial charge in [0, 0.05) is 24.5 Å². The van der Waals surface area contributed by atoms with Gasteiger partial charge in [0.15, 0.2) is 0 Å². The molecule has 4 nitrogen and oxygen atoms in total.